The summed E-state index contributed by atoms with van der Waals surface area (Å²) in [6.45, 7) is 0. The van der Waals surface area contributed by atoms with E-state index in [1.807, 2.05) is 24.3 Å². The van der Waals surface area contributed by atoms with E-state index in [0.29, 0.717) is 17.6 Å². The molecule has 0 spiro atoms. The number of hydrogen-bond acceptors (Lipinski definition) is 3. The van der Waals surface area contributed by atoms with Crippen LogP contribution in [0.25, 0.3) is 11.1 Å². The van der Waals surface area contributed by atoms with Crippen molar-refractivity contribution in [1.82, 2.24) is 4.72 Å². The van der Waals surface area contributed by atoms with Crippen LogP contribution in [0.2, 0.25) is 5.02 Å². The highest BCUT2D eigenvalue weighted by atomic mass is 35.5. The molecule has 2 aromatic carbocycles. The fourth-order valence-electron chi connectivity index (χ4n) is 3.01. The number of fused-ring (bicyclic) bond motifs is 1. The first-order chi connectivity index (χ1) is 12.2. The molecular weight excluding hydrogens is 361 g/mol. The van der Waals surface area contributed by atoms with Gasteiger partial charge >= 0.3 is 0 Å². The molecule has 2 N–H and O–H groups in total. The Kier molecular flexibility index (Phi) is 4.58. The fourth-order valence-corrected chi connectivity index (χ4v) is 3.95. The predicted octanol–water partition coefficient (Wildman–Crippen LogP) is 4.70. The van der Waals surface area contributed by atoms with E-state index < -0.39 is 5.82 Å². The van der Waals surface area contributed by atoms with Gasteiger partial charge in [0, 0.05) is 18.2 Å². The van der Waals surface area contributed by atoms with Crippen LogP contribution in [-0.2, 0) is 4.74 Å². The molecule has 1 aliphatic carbocycles. The Morgan fingerprint density at radius 3 is 2.76 bits per heavy atom. The lowest BCUT2D eigenvalue weighted by molar-refractivity contribution is 0.0284. The first-order valence-corrected chi connectivity index (χ1v) is 9.23. The SMILES string of the molecule is COC1CC(N=C2NSc3cccc(-c4cccc(F)c4Cl)c3N2)C1. The number of hydrogen-bond donors (Lipinski definition) is 2. The van der Waals surface area contributed by atoms with E-state index in [1.165, 1.54) is 18.0 Å². The summed E-state index contributed by atoms with van der Waals surface area (Å²) in [7, 11) is 1.73. The van der Waals surface area contributed by atoms with Crippen LogP contribution in [0, 0.1) is 5.82 Å². The maximum atomic E-state index is 13.9. The van der Waals surface area contributed by atoms with Gasteiger partial charge in [0.05, 0.1) is 27.8 Å². The van der Waals surface area contributed by atoms with Gasteiger partial charge in [-0.15, -0.1) is 0 Å². The van der Waals surface area contributed by atoms with Crippen molar-refractivity contribution in [1.29, 1.82) is 0 Å². The minimum atomic E-state index is -0.424. The van der Waals surface area contributed by atoms with E-state index in [0.717, 1.165) is 29.0 Å². The average Bonchev–Trinajstić information content (AvgIpc) is 2.59. The van der Waals surface area contributed by atoms with Crippen molar-refractivity contribution in [3.05, 3.63) is 47.2 Å². The van der Waals surface area contributed by atoms with Gasteiger partial charge in [0.1, 0.15) is 5.82 Å². The van der Waals surface area contributed by atoms with E-state index in [1.54, 1.807) is 13.2 Å². The monoisotopic (exact) mass is 377 g/mol. The Balaban J connectivity index is 1.65. The number of benzene rings is 2. The summed E-state index contributed by atoms with van der Waals surface area (Å²) < 4.78 is 22.4. The van der Waals surface area contributed by atoms with Crippen LogP contribution in [0.3, 0.4) is 0 Å². The molecule has 0 saturated heterocycles. The number of anilines is 1. The summed E-state index contributed by atoms with van der Waals surface area (Å²) in [6, 6.07) is 11.0. The number of guanidine groups is 1. The van der Waals surface area contributed by atoms with Gasteiger partial charge in [-0.1, -0.05) is 35.9 Å². The highest BCUT2D eigenvalue weighted by Gasteiger charge is 2.30. The Hall–Kier alpha value is -1.76. The van der Waals surface area contributed by atoms with Crippen LogP contribution in [0.15, 0.2) is 46.3 Å². The number of nitrogens with zero attached hydrogens (tertiary/aromatic N) is 1. The van der Waals surface area contributed by atoms with Gasteiger partial charge in [0.15, 0.2) is 0 Å². The van der Waals surface area contributed by atoms with Crippen molar-refractivity contribution in [2.45, 2.75) is 29.9 Å². The van der Waals surface area contributed by atoms with E-state index in [4.69, 9.17) is 21.3 Å². The van der Waals surface area contributed by atoms with E-state index in [-0.39, 0.29) is 11.1 Å². The molecule has 25 heavy (non-hydrogen) atoms. The molecule has 2 aliphatic rings. The van der Waals surface area contributed by atoms with Gasteiger partial charge in [-0.25, -0.2) is 9.38 Å². The van der Waals surface area contributed by atoms with Crippen molar-refractivity contribution in [3.63, 3.8) is 0 Å². The van der Waals surface area contributed by atoms with Crippen molar-refractivity contribution >= 4 is 35.2 Å². The molecule has 4 nitrogen and oxygen atoms in total. The van der Waals surface area contributed by atoms with Gasteiger partial charge in [-0.3, -0.25) is 4.72 Å². The molecule has 0 unspecified atom stereocenters. The lowest BCUT2D eigenvalue weighted by Gasteiger charge is -2.32. The number of para-hydroxylation sites is 1. The molecule has 4 rings (SSSR count). The molecule has 2 aromatic rings. The summed E-state index contributed by atoms with van der Waals surface area (Å²) in [5.41, 5.74) is 2.41. The lowest BCUT2D eigenvalue weighted by Crippen LogP contribution is -2.38. The van der Waals surface area contributed by atoms with Crippen LogP contribution in [-0.4, -0.2) is 25.2 Å². The summed E-state index contributed by atoms with van der Waals surface area (Å²) >= 11 is 7.67. The summed E-state index contributed by atoms with van der Waals surface area (Å²) in [4.78, 5) is 5.71. The first kappa shape index (κ1) is 16.7. The van der Waals surface area contributed by atoms with Crippen LogP contribution < -0.4 is 10.0 Å². The fraction of sp³-hybridized carbons (Fsp3) is 0.278. The Morgan fingerprint density at radius 1 is 1.20 bits per heavy atom. The topological polar surface area (TPSA) is 45.6 Å². The highest BCUT2D eigenvalue weighted by molar-refractivity contribution is 7.98. The van der Waals surface area contributed by atoms with Gasteiger partial charge in [0.25, 0.3) is 0 Å². The third-order valence-electron chi connectivity index (χ3n) is 4.48. The number of aliphatic imine (C=N–C) groups is 1. The van der Waals surface area contributed by atoms with Crippen LogP contribution in [0.5, 0.6) is 0 Å². The molecule has 0 atom stereocenters. The molecule has 0 amide bonds. The van der Waals surface area contributed by atoms with Crippen molar-refractivity contribution < 1.29 is 9.13 Å². The van der Waals surface area contributed by atoms with E-state index in [2.05, 4.69) is 10.0 Å². The van der Waals surface area contributed by atoms with Crippen molar-refractivity contribution in [2.24, 2.45) is 4.99 Å². The minimum Gasteiger partial charge on any atom is -0.381 e. The summed E-state index contributed by atoms with van der Waals surface area (Å²) in [5, 5.41) is 3.47. The van der Waals surface area contributed by atoms with Crippen LogP contribution in [0.1, 0.15) is 12.8 Å². The van der Waals surface area contributed by atoms with Gasteiger partial charge in [-0.2, -0.15) is 0 Å². The molecule has 0 bridgehead atoms. The zero-order valence-corrected chi connectivity index (χ0v) is 15.1. The number of ether oxygens (including phenoxy) is 1. The lowest BCUT2D eigenvalue weighted by atomic mass is 9.90. The molecule has 130 valence electrons. The summed E-state index contributed by atoms with van der Waals surface area (Å²) in [5.74, 6) is 0.282. The number of methoxy groups -OCH3 is 1. The van der Waals surface area contributed by atoms with Gasteiger partial charge < -0.3 is 10.1 Å². The largest absolute Gasteiger partial charge is 0.381 e. The summed E-state index contributed by atoms with van der Waals surface area (Å²) in [6.07, 6.45) is 2.16. The Labute approximate surface area is 155 Å². The molecular formula is C18H17ClFN3OS. The molecule has 7 heteroatoms. The third-order valence-corrected chi connectivity index (χ3v) is 5.72. The number of nitrogens with one attached hydrogen (secondary N) is 2. The number of rotatable bonds is 3. The molecule has 0 aromatic heterocycles. The Morgan fingerprint density at radius 2 is 1.96 bits per heavy atom. The highest BCUT2D eigenvalue weighted by Crippen LogP contribution is 2.41. The minimum absolute atomic E-state index is 0.127. The molecule has 0 radical (unpaired) electrons. The standard InChI is InChI=1S/C18H17ClFN3OS/c1-24-11-8-10(9-11)21-18-22-17-13(5-3-7-15(17)25-23-18)12-4-2-6-14(20)16(12)19/h2-7,10-11H,8-9H2,1H3,(H2,21,22,23). The normalized spacial score (nSPS) is 23.4. The average molecular weight is 378 g/mol. The second-order valence-corrected chi connectivity index (χ2v) is 7.30. The third kappa shape index (κ3) is 3.21. The smallest absolute Gasteiger partial charge is 0.206 e. The Bertz CT molecular complexity index is 839. The maximum Gasteiger partial charge on any atom is 0.206 e. The second kappa shape index (κ2) is 6.86. The van der Waals surface area contributed by atoms with Crippen molar-refractivity contribution in [3.8, 4) is 11.1 Å². The zero-order chi connectivity index (χ0) is 17.4. The van der Waals surface area contributed by atoms with Crippen molar-refractivity contribution in [2.75, 3.05) is 12.4 Å². The van der Waals surface area contributed by atoms with Gasteiger partial charge in [0.2, 0.25) is 5.96 Å². The van der Waals surface area contributed by atoms with E-state index >= 15 is 0 Å². The van der Waals surface area contributed by atoms with E-state index in [9.17, 15) is 4.39 Å². The maximum absolute atomic E-state index is 13.9. The zero-order valence-electron chi connectivity index (χ0n) is 13.6. The quantitative estimate of drug-likeness (QED) is 0.761. The molecule has 1 saturated carbocycles. The number of halogens is 2. The second-order valence-electron chi connectivity index (χ2n) is 6.07. The van der Waals surface area contributed by atoms with Gasteiger partial charge in [-0.05, 0) is 36.9 Å². The molecule has 1 fully saturated rings. The predicted molar refractivity (Wildman–Crippen MR) is 101 cm³/mol. The first-order valence-electron chi connectivity index (χ1n) is 8.03. The van der Waals surface area contributed by atoms with Crippen LogP contribution in [0.4, 0.5) is 10.1 Å². The molecule has 1 heterocycles. The van der Waals surface area contributed by atoms with Crippen LogP contribution >= 0.6 is 23.5 Å². The molecule has 1 aliphatic heterocycles.